The van der Waals surface area contributed by atoms with E-state index < -0.39 is 5.41 Å². The fourth-order valence-electron chi connectivity index (χ4n) is 1.83. The van der Waals surface area contributed by atoms with Crippen molar-refractivity contribution in [3.8, 4) is 0 Å². The van der Waals surface area contributed by atoms with E-state index in [0.29, 0.717) is 5.57 Å². The van der Waals surface area contributed by atoms with Crippen LogP contribution in [0.1, 0.15) is 33.6 Å². The molecule has 4 heteroatoms. The van der Waals surface area contributed by atoms with Crippen LogP contribution in [0.3, 0.4) is 0 Å². The molecule has 1 aliphatic rings. The van der Waals surface area contributed by atoms with Gasteiger partial charge in [0.25, 0.3) is 0 Å². The van der Waals surface area contributed by atoms with Crippen molar-refractivity contribution in [1.82, 2.24) is 0 Å². The first-order valence-corrected chi connectivity index (χ1v) is 6.22. The highest BCUT2D eigenvalue weighted by atomic mass is 16.5. The topological polar surface area (TPSA) is 66.8 Å². The van der Waals surface area contributed by atoms with Gasteiger partial charge in [0, 0.05) is 0 Å². The summed E-state index contributed by atoms with van der Waals surface area (Å²) >= 11 is 0. The highest BCUT2D eigenvalue weighted by Gasteiger charge is 2.30. The number of ether oxygens (including phenoxy) is 1. The molecule has 1 aliphatic carbocycles. The maximum absolute atomic E-state index is 11.9. The Morgan fingerprint density at radius 1 is 1.50 bits per heavy atom. The Morgan fingerprint density at radius 3 is 2.67 bits per heavy atom. The molecule has 0 fully saturated rings. The molecule has 102 valence electrons. The molecule has 0 aliphatic heterocycles. The Hall–Kier alpha value is -1.13. The van der Waals surface area contributed by atoms with Crippen LogP contribution in [0.25, 0.3) is 0 Å². The third-order valence-corrected chi connectivity index (χ3v) is 2.88. The number of carbonyl (C=O) groups is 1. The summed E-state index contributed by atoms with van der Waals surface area (Å²) in [7, 11) is 0. The molecule has 1 atom stereocenters. The largest absolute Gasteiger partial charge is 0.457 e. The molecule has 1 rings (SSSR count). The van der Waals surface area contributed by atoms with Crippen molar-refractivity contribution in [1.29, 1.82) is 0 Å². The second kappa shape index (κ2) is 6.16. The quantitative estimate of drug-likeness (QED) is 0.747. The number of allylic oxidation sites excluding steroid dienone is 1. The van der Waals surface area contributed by atoms with Crippen LogP contribution in [0.2, 0.25) is 0 Å². The van der Waals surface area contributed by atoms with E-state index in [9.17, 15) is 9.90 Å². The summed E-state index contributed by atoms with van der Waals surface area (Å²) in [6.45, 7) is 5.14. The predicted molar refractivity (Wildman–Crippen MR) is 68.9 cm³/mol. The fraction of sp³-hybridized carbons (Fsp3) is 0.643. The lowest BCUT2D eigenvalue weighted by atomic mass is 9.96. The average Bonchev–Trinajstić information content (AvgIpc) is 2.72. The van der Waals surface area contributed by atoms with Gasteiger partial charge in [-0.2, -0.15) is 0 Å². The van der Waals surface area contributed by atoms with E-state index in [2.05, 4.69) is 0 Å². The molecule has 0 aromatic heterocycles. The van der Waals surface area contributed by atoms with Crippen molar-refractivity contribution >= 4 is 5.97 Å². The molecule has 2 N–H and O–H groups in total. The van der Waals surface area contributed by atoms with E-state index in [-0.39, 0.29) is 25.3 Å². The highest BCUT2D eigenvalue weighted by molar-refractivity contribution is 5.76. The SMILES string of the molecule is CC(C)(C)C(=O)OC1CCC=C1/C(=C/CO)CO. The maximum Gasteiger partial charge on any atom is 0.311 e. The standard InChI is InChI=1S/C14H22O4/c1-14(2,3)13(17)18-12-6-4-5-11(12)10(9-16)7-8-15/h5,7,12,15-16H,4,6,8-9H2,1-3H3/b10-7+. The molecular formula is C14H22O4. The van der Waals surface area contributed by atoms with E-state index in [1.54, 1.807) is 6.08 Å². The van der Waals surface area contributed by atoms with Crippen LogP contribution in [0.4, 0.5) is 0 Å². The highest BCUT2D eigenvalue weighted by Crippen LogP contribution is 2.30. The maximum atomic E-state index is 11.9. The number of hydrogen-bond donors (Lipinski definition) is 2. The minimum Gasteiger partial charge on any atom is -0.457 e. The van der Waals surface area contributed by atoms with E-state index >= 15 is 0 Å². The van der Waals surface area contributed by atoms with Crippen LogP contribution in [-0.4, -0.2) is 35.5 Å². The van der Waals surface area contributed by atoms with Gasteiger partial charge in [-0.15, -0.1) is 0 Å². The molecule has 0 amide bonds. The van der Waals surface area contributed by atoms with Gasteiger partial charge in [0.1, 0.15) is 6.10 Å². The molecular weight excluding hydrogens is 232 g/mol. The van der Waals surface area contributed by atoms with Crippen LogP contribution in [0.15, 0.2) is 23.3 Å². The summed E-state index contributed by atoms with van der Waals surface area (Å²) in [6.07, 6.45) is 4.76. The first kappa shape index (κ1) is 14.9. The number of carbonyl (C=O) groups excluding carboxylic acids is 1. The summed E-state index contributed by atoms with van der Waals surface area (Å²) < 4.78 is 5.48. The molecule has 0 aromatic carbocycles. The summed E-state index contributed by atoms with van der Waals surface area (Å²) in [5.41, 5.74) is 0.930. The summed E-state index contributed by atoms with van der Waals surface area (Å²) in [6, 6.07) is 0. The lowest BCUT2D eigenvalue weighted by molar-refractivity contribution is -0.156. The smallest absolute Gasteiger partial charge is 0.311 e. The number of aliphatic hydroxyl groups excluding tert-OH is 2. The van der Waals surface area contributed by atoms with Gasteiger partial charge in [-0.1, -0.05) is 12.2 Å². The average molecular weight is 254 g/mol. The summed E-state index contributed by atoms with van der Waals surface area (Å²) in [4.78, 5) is 11.9. The van der Waals surface area contributed by atoms with Crippen molar-refractivity contribution in [2.45, 2.75) is 39.7 Å². The van der Waals surface area contributed by atoms with Crippen LogP contribution in [0, 0.1) is 5.41 Å². The lowest BCUT2D eigenvalue weighted by Crippen LogP contribution is -2.28. The van der Waals surface area contributed by atoms with Crippen LogP contribution in [-0.2, 0) is 9.53 Å². The zero-order valence-corrected chi connectivity index (χ0v) is 11.3. The normalized spacial score (nSPS) is 20.8. The Morgan fingerprint density at radius 2 is 2.17 bits per heavy atom. The minimum absolute atomic E-state index is 0.132. The molecule has 0 aromatic rings. The first-order valence-electron chi connectivity index (χ1n) is 6.22. The monoisotopic (exact) mass is 254 g/mol. The molecule has 0 bridgehead atoms. The molecule has 4 nitrogen and oxygen atoms in total. The predicted octanol–water partition coefficient (Wildman–Crippen LogP) is 1.58. The lowest BCUT2D eigenvalue weighted by Gasteiger charge is -2.23. The molecule has 0 radical (unpaired) electrons. The molecule has 0 saturated heterocycles. The Kier molecular flexibility index (Phi) is 5.11. The number of esters is 1. The molecule has 0 heterocycles. The van der Waals surface area contributed by atoms with Gasteiger partial charge in [-0.3, -0.25) is 4.79 Å². The molecule has 18 heavy (non-hydrogen) atoms. The Bertz CT molecular complexity index is 360. The van der Waals surface area contributed by atoms with E-state index in [4.69, 9.17) is 9.84 Å². The number of aliphatic hydroxyl groups is 2. The van der Waals surface area contributed by atoms with Gasteiger partial charge in [0.15, 0.2) is 0 Å². The van der Waals surface area contributed by atoms with Gasteiger partial charge in [-0.05, 0) is 44.8 Å². The van der Waals surface area contributed by atoms with Crippen LogP contribution >= 0.6 is 0 Å². The van der Waals surface area contributed by atoms with Gasteiger partial charge in [0.05, 0.1) is 18.6 Å². The van der Waals surface area contributed by atoms with Crippen molar-refractivity contribution in [3.63, 3.8) is 0 Å². The van der Waals surface area contributed by atoms with Gasteiger partial charge in [0.2, 0.25) is 0 Å². The Balaban J connectivity index is 2.77. The van der Waals surface area contributed by atoms with Crippen molar-refractivity contribution < 1.29 is 19.7 Å². The molecule has 0 spiro atoms. The number of hydrogen-bond acceptors (Lipinski definition) is 4. The molecule has 0 saturated carbocycles. The van der Waals surface area contributed by atoms with Crippen LogP contribution < -0.4 is 0 Å². The zero-order chi connectivity index (χ0) is 13.8. The second-order valence-corrected chi connectivity index (χ2v) is 5.45. The summed E-state index contributed by atoms with van der Waals surface area (Å²) in [5, 5.41) is 18.2. The van der Waals surface area contributed by atoms with Gasteiger partial charge in [-0.25, -0.2) is 0 Å². The fourth-order valence-corrected chi connectivity index (χ4v) is 1.83. The van der Waals surface area contributed by atoms with Gasteiger partial charge < -0.3 is 14.9 Å². The van der Waals surface area contributed by atoms with E-state index in [1.807, 2.05) is 26.8 Å². The zero-order valence-electron chi connectivity index (χ0n) is 11.3. The van der Waals surface area contributed by atoms with Crippen molar-refractivity contribution in [2.24, 2.45) is 5.41 Å². The molecule has 1 unspecified atom stereocenters. The van der Waals surface area contributed by atoms with E-state index in [0.717, 1.165) is 18.4 Å². The van der Waals surface area contributed by atoms with Crippen LogP contribution in [0.5, 0.6) is 0 Å². The minimum atomic E-state index is -0.534. The van der Waals surface area contributed by atoms with Gasteiger partial charge >= 0.3 is 5.97 Å². The third-order valence-electron chi connectivity index (χ3n) is 2.88. The second-order valence-electron chi connectivity index (χ2n) is 5.45. The first-order chi connectivity index (χ1) is 8.40. The van der Waals surface area contributed by atoms with E-state index in [1.165, 1.54) is 0 Å². The third kappa shape index (κ3) is 3.68. The van der Waals surface area contributed by atoms with Crippen molar-refractivity contribution in [3.05, 3.63) is 23.3 Å². The summed E-state index contributed by atoms with van der Waals surface area (Å²) in [5.74, 6) is -0.249. The van der Waals surface area contributed by atoms with Crippen molar-refractivity contribution in [2.75, 3.05) is 13.2 Å². The Labute approximate surface area is 108 Å². The number of rotatable bonds is 4.